The zero-order valence-corrected chi connectivity index (χ0v) is 11.9. The molecule has 104 valence electrons. The lowest BCUT2D eigenvalue weighted by molar-refractivity contribution is 0.101. The van der Waals surface area contributed by atoms with E-state index in [1.807, 2.05) is 0 Å². The smallest absolute Gasteiger partial charge is 0.261 e. The van der Waals surface area contributed by atoms with Crippen LogP contribution in [0.15, 0.2) is 35.1 Å². The number of aromatic nitrogens is 1. The van der Waals surface area contributed by atoms with Crippen molar-refractivity contribution in [3.8, 4) is 0 Å². The number of Topliss-reactive ketones (excluding diaryl/α,β-unsaturated/α-hetero) is 1. The van der Waals surface area contributed by atoms with Gasteiger partial charge in [0.1, 0.15) is 5.82 Å². The molecule has 0 saturated carbocycles. The minimum Gasteiger partial charge on any atom is -0.308 e. The summed E-state index contributed by atoms with van der Waals surface area (Å²) in [5.74, 6) is -0.791. The molecule has 0 N–H and O–H groups in total. The number of nitrogens with zero attached hydrogens (tertiary/aromatic N) is 1. The van der Waals surface area contributed by atoms with Crippen LogP contribution in [0, 0.1) is 12.7 Å². The number of benzene rings is 1. The first kappa shape index (κ1) is 14.5. The third-order valence-corrected chi connectivity index (χ3v) is 3.50. The molecule has 0 aliphatic rings. The Labute approximate surface area is 120 Å². The molecule has 1 aromatic carbocycles. The predicted octanol–water partition coefficient (Wildman–Crippen LogP) is 3.20. The van der Waals surface area contributed by atoms with Crippen molar-refractivity contribution in [3.05, 3.63) is 68.3 Å². The average molecular weight is 294 g/mol. The lowest BCUT2D eigenvalue weighted by atomic mass is 10.1. The van der Waals surface area contributed by atoms with E-state index in [4.69, 9.17) is 11.6 Å². The van der Waals surface area contributed by atoms with Crippen LogP contribution in [-0.2, 0) is 6.54 Å². The van der Waals surface area contributed by atoms with Crippen molar-refractivity contribution in [1.82, 2.24) is 4.57 Å². The first-order chi connectivity index (χ1) is 9.41. The van der Waals surface area contributed by atoms with Crippen LogP contribution in [0.1, 0.15) is 28.5 Å². The molecule has 0 saturated heterocycles. The van der Waals surface area contributed by atoms with E-state index in [-0.39, 0.29) is 28.5 Å². The van der Waals surface area contributed by atoms with Crippen LogP contribution in [0.4, 0.5) is 4.39 Å². The molecule has 0 aliphatic heterocycles. The predicted molar refractivity (Wildman–Crippen MR) is 76.0 cm³/mol. The molecule has 1 heterocycles. The normalized spacial score (nSPS) is 10.6. The number of rotatable bonds is 3. The number of ketones is 1. The maximum absolute atomic E-state index is 13.8. The van der Waals surface area contributed by atoms with Crippen molar-refractivity contribution in [1.29, 1.82) is 0 Å². The number of hydrogen-bond donors (Lipinski definition) is 0. The van der Waals surface area contributed by atoms with Gasteiger partial charge < -0.3 is 4.57 Å². The van der Waals surface area contributed by atoms with Crippen molar-refractivity contribution >= 4 is 17.4 Å². The molecule has 20 heavy (non-hydrogen) atoms. The molecule has 0 radical (unpaired) electrons. The van der Waals surface area contributed by atoms with Gasteiger partial charge in [-0.05, 0) is 38.1 Å². The van der Waals surface area contributed by atoms with Crippen LogP contribution in [0.5, 0.6) is 0 Å². The first-order valence-corrected chi connectivity index (χ1v) is 6.44. The molecular weight excluding hydrogens is 281 g/mol. The minimum absolute atomic E-state index is 0.00269. The van der Waals surface area contributed by atoms with Crippen LogP contribution in [0.3, 0.4) is 0 Å². The van der Waals surface area contributed by atoms with Gasteiger partial charge in [-0.3, -0.25) is 9.59 Å². The number of halogens is 2. The number of hydrogen-bond acceptors (Lipinski definition) is 2. The summed E-state index contributed by atoms with van der Waals surface area (Å²) in [5, 5.41) is 0.254. The van der Waals surface area contributed by atoms with Crippen molar-refractivity contribution in [2.24, 2.45) is 0 Å². The largest absolute Gasteiger partial charge is 0.308 e. The molecule has 1 aromatic heterocycles. The molecule has 3 nitrogen and oxygen atoms in total. The zero-order valence-electron chi connectivity index (χ0n) is 11.1. The van der Waals surface area contributed by atoms with Crippen LogP contribution in [0.2, 0.25) is 5.02 Å². The summed E-state index contributed by atoms with van der Waals surface area (Å²) in [6.07, 6.45) is 0. The Morgan fingerprint density at radius 3 is 2.60 bits per heavy atom. The van der Waals surface area contributed by atoms with E-state index < -0.39 is 11.4 Å². The number of carbonyl (C=O) groups is 1. The number of carbonyl (C=O) groups excluding carboxylic acids is 1. The maximum Gasteiger partial charge on any atom is 0.261 e. The fourth-order valence-electron chi connectivity index (χ4n) is 1.98. The van der Waals surface area contributed by atoms with Gasteiger partial charge in [0, 0.05) is 16.3 Å². The van der Waals surface area contributed by atoms with E-state index in [0.717, 1.165) is 0 Å². The van der Waals surface area contributed by atoms with Crippen LogP contribution >= 0.6 is 11.6 Å². The number of pyridine rings is 1. The van der Waals surface area contributed by atoms with Gasteiger partial charge in [-0.1, -0.05) is 17.7 Å². The minimum atomic E-state index is -0.475. The summed E-state index contributed by atoms with van der Waals surface area (Å²) in [6.45, 7) is 3.05. The highest BCUT2D eigenvalue weighted by molar-refractivity contribution is 6.31. The molecule has 2 aromatic rings. The second-order valence-electron chi connectivity index (χ2n) is 4.54. The van der Waals surface area contributed by atoms with Crippen molar-refractivity contribution in [3.63, 3.8) is 0 Å². The lowest BCUT2D eigenvalue weighted by Crippen LogP contribution is -2.28. The highest BCUT2D eigenvalue weighted by Crippen LogP contribution is 2.20. The SMILES string of the molecule is CC(=O)c1ccc(C)n(Cc2c(F)cccc2Cl)c1=O. The fourth-order valence-corrected chi connectivity index (χ4v) is 2.20. The van der Waals surface area contributed by atoms with E-state index in [9.17, 15) is 14.0 Å². The summed E-state index contributed by atoms with van der Waals surface area (Å²) >= 11 is 5.96. The fraction of sp³-hybridized carbons (Fsp3) is 0.200. The van der Waals surface area contributed by atoms with Gasteiger partial charge in [-0.25, -0.2) is 4.39 Å². The van der Waals surface area contributed by atoms with Gasteiger partial charge in [0.2, 0.25) is 0 Å². The van der Waals surface area contributed by atoms with E-state index in [1.165, 1.54) is 29.7 Å². The molecule has 5 heteroatoms. The van der Waals surface area contributed by atoms with Gasteiger partial charge in [-0.2, -0.15) is 0 Å². The highest BCUT2D eigenvalue weighted by atomic mass is 35.5. The highest BCUT2D eigenvalue weighted by Gasteiger charge is 2.13. The Balaban J connectivity index is 2.57. The Kier molecular flexibility index (Phi) is 4.04. The van der Waals surface area contributed by atoms with Crippen molar-refractivity contribution < 1.29 is 9.18 Å². The monoisotopic (exact) mass is 293 g/mol. The molecule has 0 fully saturated rings. The van der Waals surface area contributed by atoms with Crippen molar-refractivity contribution in [2.45, 2.75) is 20.4 Å². The van der Waals surface area contributed by atoms with Gasteiger partial charge in [0.25, 0.3) is 5.56 Å². The number of aryl methyl sites for hydroxylation is 1. The summed E-state index contributed by atoms with van der Waals surface area (Å²) in [5.41, 5.74) is 0.527. The summed E-state index contributed by atoms with van der Waals surface area (Å²) < 4.78 is 15.1. The Morgan fingerprint density at radius 1 is 1.30 bits per heavy atom. The van der Waals surface area contributed by atoms with E-state index in [0.29, 0.717) is 5.69 Å². The molecule has 0 bridgehead atoms. The van der Waals surface area contributed by atoms with E-state index in [2.05, 4.69) is 0 Å². The third kappa shape index (κ3) is 2.65. The molecule has 2 rings (SSSR count). The van der Waals surface area contributed by atoms with Crippen LogP contribution in [0.25, 0.3) is 0 Å². The zero-order chi connectivity index (χ0) is 14.9. The summed E-state index contributed by atoms with van der Waals surface area (Å²) in [6, 6.07) is 7.50. The van der Waals surface area contributed by atoms with Gasteiger partial charge in [-0.15, -0.1) is 0 Å². The molecular formula is C15H13ClFNO2. The van der Waals surface area contributed by atoms with Gasteiger partial charge in [0.05, 0.1) is 12.1 Å². The topological polar surface area (TPSA) is 39.1 Å². The molecule has 0 amide bonds. The standard InChI is InChI=1S/C15H13ClFNO2/c1-9-6-7-11(10(2)19)15(20)18(9)8-12-13(16)4-3-5-14(12)17/h3-7H,8H2,1-2H3. The Morgan fingerprint density at radius 2 is 2.00 bits per heavy atom. The van der Waals surface area contributed by atoms with Crippen molar-refractivity contribution in [2.75, 3.05) is 0 Å². The van der Waals surface area contributed by atoms with Crippen LogP contribution < -0.4 is 5.56 Å². The Bertz CT molecular complexity index is 717. The van der Waals surface area contributed by atoms with Gasteiger partial charge in [0.15, 0.2) is 5.78 Å². The molecule has 0 atom stereocenters. The Hall–Kier alpha value is -1.94. The quantitative estimate of drug-likeness (QED) is 0.815. The lowest BCUT2D eigenvalue weighted by Gasteiger charge is -2.13. The second-order valence-corrected chi connectivity index (χ2v) is 4.94. The molecule has 0 unspecified atom stereocenters. The summed E-state index contributed by atoms with van der Waals surface area (Å²) in [4.78, 5) is 23.6. The second kappa shape index (κ2) is 5.59. The maximum atomic E-state index is 13.8. The molecule has 0 aliphatic carbocycles. The summed E-state index contributed by atoms with van der Waals surface area (Å²) in [7, 11) is 0. The third-order valence-electron chi connectivity index (χ3n) is 3.15. The van der Waals surface area contributed by atoms with Crippen LogP contribution in [-0.4, -0.2) is 10.4 Å². The molecule has 0 spiro atoms. The van der Waals surface area contributed by atoms with E-state index >= 15 is 0 Å². The average Bonchev–Trinajstić information content (AvgIpc) is 2.36. The van der Waals surface area contributed by atoms with Gasteiger partial charge >= 0.3 is 0 Å². The first-order valence-electron chi connectivity index (χ1n) is 6.06. The van der Waals surface area contributed by atoms with E-state index in [1.54, 1.807) is 19.1 Å².